The molecule has 0 aliphatic heterocycles. The van der Waals surface area contributed by atoms with Gasteiger partial charge in [0.2, 0.25) is 0 Å². The van der Waals surface area contributed by atoms with Gasteiger partial charge < -0.3 is 5.73 Å². The van der Waals surface area contributed by atoms with Gasteiger partial charge in [0.15, 0.2) is 0 Å². The van der Waals surface area contributed by atoms with Crippen LogP contribution in [0.5, 0.6) is 0 Å². The summed E-state index contributed by atoms with van der Waals surface area (Å²) in [5.74, 6) is 0. The number of aromatic nitrogens is 1. The first-order chi connectivity index (χ1) is 6.06. The number of allylic oxidation sites excluding steroid dienone is 1. The maximum atomic E-state index is 5.60. The van der Waals surface area contributed by atoms with Crippen molar-refractivity contribution >= 4 is 5.57 Å². The van der Waals surface area contributed by atoms with E-state index in [0.717, 1.165) is 28.1 Å². The van der Waals surface area contributed by atoms with E-state index in [0.29, 0.717) is 6.54 Å². The van der Waals surface area contributed by atoms with Gasteiger partial charge in [-0.05, 0) is 43.5 Å². The fraction of sp³-hybridized carbons (Fsp3) is 0.364. The van der Waals surface area contributed by atoms with E-state index in [-0.39, 0.29) is 0 Å². The van der Waals surface area contributed by atoms with Crippen LogP contribution < -0.4 is 5.73 Å². The normalized spacial score (nSPS) is 10.2. The average molecular weight is 176 g/mol. The minimum absolute atomic E-state index is 0.541. The first-order valence-corrected chi connectivity index (χ1v) is 4.39. The number of pyridine rings is 1. The molecule has 0 saturated carbocycles. The van der Waals surface area contributed by atoms with E-state index in [1.54, 1.807) is 0 Å². The van der Waals surface area contributed by atoms with E-state index in [1.807, 2.05) is 20.8 Å². The number of rotatable bonds is 2. The Balaban J connectivity index is 3.30. The van der Waals surface area contributed by atoms with Crippen LogP contribution in [-0.4, -0.2) is 4.98 Å². The van der Waals surface area contributed by atoms with Crippen molar-refractivity contribution in [3.05, 3.63) is 35.2 Å². The first-order valence-electron chi connectivity index (χ1n) is 4.39. The molecule has 0 unspecified atom stereocenters. The first kappa shape index (κ1) is 9.93. The molecule has 13 heavy (non-hydrogen) atoms. The summed E-state index contributed by atoms with van der Waals surface area (Å²) in [4.78, 5) is 4.42. The van der Waals surface area contributed by atoms with Crippen LogP contribution in [0.1, 0.15) is 29.4 Å². The van der Waals surface area contributed by atoms with Gasteiger partial charge in [-0.3, -0.25) is 4.98 Å². The minimum atomic E-state index is 0.541. The molecule has 70 valence electrons. The summed E-state index contributed by atoms with van der Waals surface area (Å²) in [7, 11) is 0. The van der Waals surface area contributed by atoms with E-state index >= 15 is 0 Å². The minimum Gasteiger partial charge on any atom is -0.326 e. The highest BCUT2D eigenvalue weighted by molar-refractivity contribution is 5.64. The van der Waals surface area contributed by atoms with Crippen molar-refractivity contribution in [2.45, 2.75) is 27.3 Å². The van der Waals surface area contributed by atoms with Gasteiger partial charge in [-0.15, -0.1) is 0 Å². The summed E-state index contributed by atoms with van der Waals surface area (Å²) in [6, 6.07) is 2.08. The molecular formula is C11H16N2. The Bertz CT molecular complexity index is 340. The molecule has 0 aromatic carbocycles. The third kappa shape index (κ3) is 1.95. The van der Waals surface area contributed by atoms with Crippen LogP contribution >= 0.6 is 0 Å². The molecule has 0 aliphatic carbocycles. The monoisotopic (exact) mass is 176 g/mol. The molecule has 0 atom stereocenters. The summed E-state index contributed by atoms with van der Waals surface area (Å²) in [5.41, 5.74) is 10.9. The molecular weight excluding hydrogens is 160 g/mol. The van der Waals surface area contributed by atoms with E-state index in [2.05, 4.69) is 17.6 Å². The molecule has 1 rings (SSSR count). The maximum absolute atomic E-state index is 5.60. The lowest BCUT2D eigenvalue weighted by Crippen LogP contribution is -2.04. The highest BCUT2D eigenvalue weighted by atomic mass is 14.7. The SMILES string of the molecule is C=C(C)c1cc(CN)c(C)nc1C. The van der Waals surface area contributed by atoms with Gasteiger partial charge in [0.05, 0.1) is 0 Å². The topological polar surface area (TPSA) is 38.9 Å². The second-order valence-electron chi connectivity index (χ2n) is 3.35. The molecule has 0 fully saturated rings. The summed E-state index contributed by atoms with van der Waals surface area (Å²) in [6.45, 7) is 10.4. The second kappa shape index (κ2) is 3.71. The lowest BCUT2D eigenvalue weighted by Gasteiger charge is -2.09. The third-order valence-electron chi connectivity index (χ3n) is 2.19. The van der Waals surface area contributed by atoms with Crippen LogP contribution in [0.15, 0.2) is 12.6 Å². The van der Waals surface area contributed by atoms with Crippen molar-refractivity contribution in [1.82, 2.24) is 4.98 Å². The average Bonchev–Trinajstić information content (AvgIpc) is 2.03. The van der Waals surface area contributed by atoms with Gasteiger partial charge in [0.1, 0.15) is 0 Å². The predicted octanol–water partition coefficient (Wildman–Crippen LogP) is 2.19. The third-order valence-corrected chi connectivity index (χ3v) is 2.19. The second-order valence-corrected chi connectivity index (χ2v) is 3.35. The quantitative estimate of drug-likeness (QED) is 0.750. The number of nitrogens with zero attached hydrogens (tertiary/aromatic N) is 1. The van der Waals surface area contributed by atoms with Crippen molar-refractivity contribution in [1.29, 1.82) is 0 Å². The Morgan fingerprint density at radius 1 is 1.46 bits per heavy atom. The fourth-order valence-electron chi connectivity index (χ4n) is 1.41. The molecule has 1 aromatic heterocycles. The standard InChI is InChI=1S/C11H16N2/c1-7(2)11-5-10(6-12)8(3)13-9(11)4/h5H,1,6,12H2,2-4H3. The zero-order valence-electron chi connectivity index (χ0n) is 8.52. The van der Waals surface area contributed by atoms with Crippen LogP contribution in [0.2, 0.25) is 0 Å². The van der Waals surface area contributed by atoms with Crippen molar-refractivity contribution in [3.63, 3.8) is 0 Å². The Morgan fingerprint density at radius 3 is 2.54 bits per heavy atom. The van der Waals surface area contributed by atoms with Crippen molar-refractivity contribution in [2.24, 2.45) is 5.73 Å². The Morgan fingerprint density at radius 2 is 2.08 bits per heavy atom. The van der Waals surface area contributed by atoms with Gasteiger partial charge in [-0.25, -0.2) is 0 Å². The highest BCUT2D eigenvalue weighted by Crippen LogP contribution is 2.18. The van der Waals surface area contributed by atoms with E-state index in [1.165, 1.54) is 0 Å². The lowest BCUT2D eigenvalue weighted by molar-refractivity contribution is 0.984. The Hall–Kier alpha value is -1.15. The summed E-state index contributed by atoms with van der Waals surface area (Å²) in [6.07, 6.45) is 0. The number of hydrogen-bond donors (Lipinski definition) is 1. The van der Waals surface area contributed by atoms with E-state index in [9.17, 15) is 0 Å². The van der Waals surface area contributed by atoms with Crippen LogP contribution in [-0.2, 0) is 6.54 Å². The van der Waals surface area contributed by atoms with E-state index < -0.39 is 0 Å². The van der Waals surface area contributed by atoms with Gasteiger partial charge >= 0.3 is 0 Å². The highest BCUT2D eigenvalue weighted by Gasteiger charge is 2.04. The zero-order chi connectivity index (χ0) is 10.0. The summed E-state index contributed by atoms with van der Waals surface area (Å²) < 4.78 is 0. The fourth-order valence-corrected chi connectivity index (χ4v) is 1.41. The largest absolute Gasteiger partial charge is 0.326 e. The van der Waals surface area contributed by atoms with E-state index in [4.69, 9.17) is 5.73 Å². The van der Waals surface area contributed by atoms with Gasteiger partial charge in [-0.1, -0.05) is 6.58 Å². The molecule has 2 N–H and O–H groups in total. The molecule has 0 saturated heterocycles. The van der Waals surface area contributed by atoms with Crippen LogP contribution in [0, 0.1) is 13.8 Å². The van der Waals surface area contributed by atoms with Crippen LogP contribution in [0.3, 0.4) is 0 Å². The number of nitrogens with two attached hydrogens (primary N) is 1. The van der Waals surface area contributed by atoms with Crippen molar-refractivity contribution in [2.75, 3.05) is 0 Å². The molecule has 2 nitrogen and oxygen atoms in total. The maximum Gasteiger partial charge on any atom is 0.0450 e. The Labute approximate surface area is 79.5 Å². The Kier molecular flexibility index (Phi) is 2.83. The predicted molar refractivity (Wildman–Crippen MR) is 56.3 cm³/mol. The summed E-state index contributed by atoms with van der Waals surface area (Å²) >= 11 is 0. The van der Waals surface area contributed by atoms with Gasteiger partial charge in [-0.2, -0.15) is 0 Å². The molecule has 0 bridgehead atoms. The number of aryl methyl sites for hydroxylation is 2. The molecule has 0 amide bonds. The molecule has 0 radical (unpaired) electrons. The molecule has 0 spiro atoms. The van der Waals surface area contributed by atoms with Gasteiger partial charge in [0.25, 0.3) is 0 Å². The van der Waals surface area contributed by atoms with Gasteiger partial charge in [0, 0.05) is 17.9 Å². The van der Waals surface area contributed by atoms with Crippen molar-refractivity contribution in [3.8, 4) is 0 Å². The molecule has 1 heterocycles. The summed E-state index contributed by atoms with van der Waals surface area (Å²) in [5, 5.41) is 0. The number of hydrogen-bond acceptors (Lipinski definition) is 2. The van der Waals surface area contributed by atoms with Crippen molar-refractivity contribution < 1.29 is 0 Å². The van der Waals surface area contributed by atoms with Crippen LogP contribution in [0.4, 0.5) is 0 Å². The lowest BCUT2D eigenvalue weighted by atomic mass is 10.0. The molecule has 2 heteroatoms. The smallest absolute Gasteiger partial charge is 0.0450 e. The van der Waals surface area contributed by atoms with Crippen LogP contribution in [0.25, 0.3) is 5.57 Å². The zero-order valence-corrected chi connectivity index (χ0v) is 8.52. The molecule has 1 aromatic rings. The molecule has 0 aliphatic rings.